The molecule has 138 valence electrons. The number of hydrogen-bond acceptors (Lipinski definition) is 4. The fourth-order valence-corrected chi connectivity index (χ4v) is 2.17. The molecular formula is C19H19ClFNO4. The van der Waals surface area contributed by atoms with Crippen molar-refractivity contribution in [2.45, 2.75) is 19.8 Å². The third-order valence-electron chi connectivity index (χ3n) is 3.40. The maximum Gasteiger partial charge on any atom is 0.338 e. The number of hydrogen-bond donors (Lipinski definition) is 1. The van der Waals surface area contributed by atoms with E-state index in [1.165, 1.54) is 12.1 Å². The van der Waals surface area contributed by atoms with Crippen LogP contribution in [0.15, 0.2) is 42.5 Å². The van der Waals surface area contributed by atoms with Crippen LogP contribution >= 0.6 is 11.6 Å². The van der Waals surface area contributed by atoms with Gasteiger partial charge in [-0.05, 0) is 42.8 Å². The van der Waals surface area contributed by atoms with Crippen molar-refractivity contribution in [3.05, 3.63) is 58.9 Å². The number of benzene rings is 2. The van der Waals surface area contributed by atoms with Crippen LogP contribution < -0.4 is 10.1 Å². The van der Waals surface area contributed by atoms with Gasteiger partial charge in [0, 0.05) is 11.8 Å². The van der Waals surface area contributed by atoms with E-state index in [4.69, 9.17) is 21.1 Å². The average molecular weight is 380 g/mol. The summed E-state index contributed by atoms with van der Waals surface area (Å²) in [6.07, 6.45) is 1.77. The Bertz CT molecular complexity index is 765. The molecule has 2 rings (SSSR count). The van der Waals surface area contributed by atoms with Crippen molar-refractivity contribution in [2.24, 2.45) is 0 Å². The van der Waals surface area contributed by atoms with Crippen LogP contribution in [0.2, 0.25) is 5.02 Å². The Morgan fingerprint density at radius 3 is 2.54 bits per heavy atom. The molecule has 0 atom stereocenters. The molecule has 0 spiro atoms. The Kier molecular flexibility index (Phi) is 7.41. The van der Waals surface area contributed by atoms with E-state index in [-0.39, 0.29) is 17.4 Å². The Hall–Kier alpha value is -2.60. The van der Waals surface area contributed by atoms with Crippen LogP contribution in [-0.4, -0.2) is 25.1 Å². The van der Waals surface area contributed by atoms with Crippen LogP contribution in [0.25, 0.3) is 0 Å². The number of halogens is 2. The molecule has 2 aromatic rings. The third-order valence-corrected chi connectivity index (χ3v) is 3.69. The van der Waals surface area contributed by atoms with Gasteiger partial charge in [0.25, 0.3) is 5.91 Å². The predicted molar refractivity (Wildman–Crippen MR) is 97.2 cm³/mol. The summed E-state index contributed by atoms with van der Waals surface area (Å²) in [6, 6.07) is 10.2. The molecule has 7 heteroatoms. The minimum Gasteiger partial charge on any atom is -0.484 e. The van der Waals surface area contributed by atoms with E-state index < -0.39 is 17.7 Å². The molecule has 0 bridgehead atoms. The Morgan fingerprint density at radius 1 is 1.15 bits per heavy atom. The molecule has 0 unspecified atom stereocenters. The fraction of sp³-hybridized carbons (Fsp3) is 0.263. The molecule has 0 aliphatic heterocycles. The summed E-state index contributed by atoms with van der Waals surface area (Å²) in [5, 5.41) is 2.55. The lowest BCUT2D eigenvalue weighted by Crippen LogP contribution is -2.20. The molecule has 0 heterocycles. The number of carbonyl (C=O) groups excluding carboxylic acids is 2. The third kappa shape index (κ3) is 6.04. The first-order valence-electron chi connectivity index (χ1n) is 8.14. The van der Waals surface area contributed by atoms with Crippen LogP contribution in [0.4, 0.5) is 10.1 Å². The van der Waals surface area contributed by atoms with Gasteiger partial charge >= 0.3 is 5.97 Å². The van der Waals surface area contributed by atoms with Gasteiger partial charge < -0.3 is 14.8 Å². The number of unbranched alkanes of at least 4 members (excludes halogenated alkanes) is 1. The van der Waals surface area contributed by atoms with E-state index in [0.717, 1.165) is 18.9 Å². The minimum atomic E-state index is -0.559. The Morgan fingerprint density at radius 2 is 1.88 bits per heavy atom. The van der Waals surface area contributed by atoms with Crippen molar-refractivity contribution in [2.75, 3.05) is 18.5 Å². The first kappa shape index (κ1) is 19.7. The average Bonchev–Trinajstić information content (AvgIpc) is 2.63. The molecule has 0 saturated carbocycles. The maximum atomic E-state index is 13.1. The molecule has 2 aromatic carbocycles. The van der Waals surface area contributed by atoms with Crippen LogP contribution in [0.5, 0.6) is 5.75 Å². The highest BCUT2D eigenvalue weighted by Gasteiger charge is 2.09. The minimum absolute atomic E-state index is 0.0793. The van der Waals surface area contributed by atoms with E-state index in [1.54, 1.807) is 24.3 Å². The molecule has 0 aliphatic carbocycles. The summed E-state index contributed by atoms with van der Waals surface area (Å²) in [5.41, 5.74) is 0.928. The first-order valence-corrected chi connectivity index (χ1v) is 8.52. The molecular weight excluding hydrogens is 361 g/mol. The van der Waals surface area contributed by atoms with Crippen LogP contribution in [0, 0.1) is 5.82 Å². The molecule has 1 amide bonds. The molecule has 0 fully saturated rings. The van der Waals surface area contributed by atoms with Crippen molar-refractivity contribution in [1.29, 1.82) is 0 Å². The van der Waals surface area contributed by atoms with Crippen LogP contribution in [0.3, 0.4) is 0 Å². The van der Waals surface area contributed by atoms with E-state index in [2.05, 4.69) is 5.32 Å². The molecule has 0 aromatic heterocycles. The van der Waals surface area contributed by atoms with Crippen LogP contribution in [-0.2, 0) is 9.53 Å². The largest absolute Gasteiger partial charge is 0.484 e. The molecule has 0 aliphatic rings. The lowest BCUT2D eigenvalue weighted by atomic mass is 10.2. The number of esters is 1. The second-order valence-corrected chi connectivity index (χ2v) is 5.89. The fourth-order valence-electron chi connectivity index (χ4n) is 1.99. The summed E-state index contributed by atoms with van der Waals surface area (Å²) in [7, 11) is 0. The number of ether oxygens (including phenoxy) is 2. The van der Waals surface area contributed by atoms with E-state index in [9.17, 15) is 14.0 Å². The van der Waals surface area contributed by atoms with Gasteiger partial charge in [-0.15, -0.1) is 0 Å². The predicted octanol–water partition coefficient (Wildman–Crippen LogP) is 4.45. The first-order chi connectivity index (χ1) is 12.5. The number of carbonyl (C=O) groups is 2. The topological polar surface area (TPSA) is 64.6 Å². The van der Waals surface area contributed by atoms with E-state index >= 15 is 0 Å². The number of amides is 1. The summed E-state index contributed by atoms with van der Waals surface area (Å²) in [5.74, 6) is -1.06. The lowest BCUT2D eigenvalue weighted by Gasteiger charge is -2.09. The van der Waals surface area contributed by atoms with Gasteiger partial charge in [0.1, 0.15) is 11.6 Å². The molecule has 0 saturated heterocycles. The number of rotatable bonds is 8. The maximum absolute atomic E-state index is 13.1. The second-order valence-electron chi connectivity index (χ2n) is 5.48. The van der Waals surface area contributed by atoms with E-state index in [0.29, 0.717) is 17.9 Å². The molecule has 0 radical (unpaired) electrons. The van der Waals surface area contributed by atoms with Crippen LogP contribution in [0.1, 0.15) is 30.1 Å². The van der Waals surface area contributed by atoms with Crippen molar-refractivity contribution < 1.29 is 23.5 Å². The SMILES string of the molecule is CCCCOC(=O)c1ccc(NC(=O)COc2ccc(F)c(Cl)c2)cc1. The Balaban J connectivity index is 1.83. The number of anilines is 1. The lowest BCUT2D eigenvalue weighted by molar-refractivity contribution is -0.118. The van der Waals surface area contributed by atoms with Crippen molar-refractivity contribution in [3.63, 3.8) is 0 Å². The van der Waals surface area contributed by atoms with Gasteiger partial charge in [0.2, 0.25) is 0 Å². The van der Waals surface area contributed by atoms with Gasteiger partial charge in [0.05, 0.1) is 17.2 Å². The van der Waals surface area contributed by atoms with Gasteiger partial charge in [-0.2, -0.15) is 0 Å². The van der Waals surface area contributed by atoms with Crippen molar-refractivity contribution >= 4 is 29.2 Å². The quantitative estimate of drug-likeness (QED) is 0.543. The molecule has 1 N–H and O–H groups in total. The number of nitrogens with one attached hydrogen (secondary N) is 1. The van der Waals surface area contributed by atoms with Gasteiger partial charge in [0.15, 0.2) is 6.61 Å². The Labute approximate surface area is 156 Å². The van der Waals surface area contributed by atoms with Gasteiger partial charge in [-0.3, -0.25) is 4.79 Å². The summed E-state index contributed by atoms with van der Waals surface area (Å²) >= 11 is 5.65. The van der Waals surface area contributed by atoms with Gasteiger partial charge in [-0.1, -0.05) is 24.9 Å². The highest BCUT2D eigenvalue weighted by atomic mass is 35.5. The zero-order valence-electron chi connectivity index (χ0n) is 14.3. The standard InChI is InChI=1S/C19H19ClFNO4/c1-2-3-10-25-19(24)13-4-6-14(7-5-13)22-18(23)12-26-15-8-9-17(21)16(20)11-15/h4-9,11H,2-3,10,12H2,1H3,(H,22,23). The van der Waals surface area contributed by atoms with E-state index in [1.807, 2.05) is 6.92 Å². The van der Waals surface area contributed by atoms with Crippen molar-refractivity contribution in [3.8, 4) is 5.75 Å². The summed E-state index contributed by atoms with van der Waals surface area (Å²) in [4.78, 5) is 23.7. The molecule has 5 nitrogen and oxygen atoms in total. The van der Waals surface area contributed by atoms with Gasteiger partial charge in [-0.25, -0.2) is 9.18 Å². The monoisotopic (exact) mass is 379 g/mol. The molecule has 26 heavy (non-hydrogen) atoms. The van der Waals surface area contributed by atoms with Crippen molar-refractivity contribution in [1.82, 2.24) is 0 Å². The normalized spacial score (nSPS) is 10.3. The zero-order chi connectivity index (χ0) is 18.9. The highest BCUT2D eigenvalue weighted by Crippen LogP contribution is 2.21. The highest BCUT2D eigenvalue weighted by molar-refractivity contribution is 6.30. The summed E-state index contributed by atoms with van der Waals surface area (Å²) < 4.78 is 23.4. The zero-order valence-corrected chi connectivity index (χ0v) is 15.0. The smallest absolute Gasteiger partial charge is 0.338 e. The summed E-state index contributed by atoms with van der Waals surface area (Å²) in [6.45, 7) is 2.14. The second kappa shape index (κ2) is 9.77.